The van der Waals surface area contributed by atoms with E-state index in [0.29, 0.717) is 11.1 Å². The number of fused-ring (bicyclic) bond motifs is 1. The summed E-state index contributed by atoms with van der Waals surface area (Å²) in [5.41, 5.74) is 4.36. The third-order valence-electron chi connectivity index (χ3n) is 3.94. The Labute approximate surface area is 123 Å². The van der Waals surface area contributed by atoms with Crippen LogP contribution in [0.1, 0.15) is 27.0 Å². The maximum absolute atomic E-state index is 12.4. The van der Waals surface area contributed by atoms with Crippen LogP contribution in [-0.2, 0) is 13.0 Å². The van der Waals surface area contributed by atoms with Gasteiger partial charge >= 0.3 is 0 Å². The van der Waals surface area contributed by atoms with E-state index in [9.17, 15) is 9.90 Å². The highest BCUT2D eigenvalue weighted by atomic mass is 16.3. The number of rotatable bonds is 2. The molecule has 0 radical (unpaired) electrons. The van der Waals surface area contributed by atoms with Gasteiger partial charge in [-0.15, -0.1) is 0 Å². The number of amides is 1. The van der Waals surface area contributed by atoms with Gasteiger partial charge < -0.3 is 15.7 Å². The monoisotopic (exact) mass is 282 g/mol. The van der Waals surface area contributed by atoms with Crippen molar-refractivity contribution in [1.82, 2.24) is 5.32 Å². The lowest BCUT2D eigenvalue weighted by Gasteiger charge is -2.20. The maximum Gasteiger partial charge on any atom is 0.256 e. The zero-order chi connectivity index (χ0) is 14.8. The number of carbonyl (C=O) groups excluding carboxylic acids is 1. The summed E-state index contributed by atoms with van der Waals surface area (Å²) in [5.74, 6) is -0.0539. The molecule has 0 aliphatic carbocycles. The van der Waals surface area contributed by atoms with E-state index in [-0.39, 0.29) is 11.7 Å². The van der Waals surface area contributed by atoms with Crippen LogP contribution in [0.2, 0.25) is 0 Å². The van der Waals surface area contributed by atoms with Crippen molar-refractivity contribution in [3.8, 4) is 5.75 Å². The van der Waals surface area contributed by atoms with Crippen molar-refractivity contribution in [2.75, 3.05) is 11.9 Å². The lowest BCUT2D eigenvalue weighted by Crippen LogP contribution is -2.25. The van der Waals surface area contributed by atoms with Crippen molar-refractivity contribution in [2.45, 2.75) is 19.9 Å². The summed E-state index contributed by atoms with van der Waals surface area (Å²) in [5, 5.41) is 16.0. The molecule has 0 fully saturated rings. The standard InChI is InChI=1S/C17H18N2O2/c1-11-13(5-3-7-16(11)20)17(21)19-15-6-2-4-12-8-9-18-10-14(12)15/h2-7,18,20H,8-10H2,1H3,(H,19,21). The van der Waals surface area contributed by atoms with Gasteiger partial charge in [0.15, 0.2) is 0 Å². The van der Waals surface area contributed by atoms with Gasteiger partial charge in [0.2, 0.25) is 0 Å². The van der Waals surface area contributed by atoms with Crippen LogP contribution >= 0.6 is 0 Å². The van der Waals surface area contributed by atoms with Crippen molar-refractivity contribution in [3.05, 3.63) is 58.7 Å². The Kier molecular flexibility index (Phi) is 3.62. The number of hydrogen-bond donors (Lipinski definition) is 3. The maximum atomic E-state index is 12.4. The van der Waals surface area contributed by atoms with Crippen LogP contribution in [0.3, 0.4) is 0 Å². The van der Waals surface area contributed by atoms with E-state index < -0.39 is 0 Å². The molecule has 0 atom stereocenters. The van der Waals surface area contributed by atoms with Crippen molar-refractivity contribution in [2.24, 2.45) is 0 Å². The van der Waals surface area contributed by atoms with Gasteiger partial charge in [-0.25, -0.2) is 0 Å². The molecule has 0 saturated heterocycles. The van der Waals surface area contributed by atoms with Crippen molar-refractivity contribution in [1.29, 1.82) is 0 Å². The molecule has 0 saturated carbocycles. The zero-order valence-corrected chi connectivity index (χ0v) is 11.9. The van der Waals surface area contributed by atoms with Crippen LogP contribution in [0.15, 0.2) is 36.4 Å². The molecule has 3 N–H and O–H groups in total. The summed E-state index contributed by atoms with van der Waals surface area (Å²) in [6.45, 7) is 3.48. The molecule has 108 valence electrons. The van der Waals surface area contributed by atoms with E-state index in [0.717, 1.165) is 30.8 Å². The molecule has 1 aliphatic rings. The number of aromatic hydroxyl groups is 1. The Balaban J connectivity index is 1.90. The molecule has 0 bridgehead atoms. The topological polar surface area (TPSA) is 61.4 Å². The highest BCUT2D eigenvalue weighted by Crippen LogP contribution is 2.25. The number of benzene rings is 2. The van der Waals surface area contributed by atoms with Gasteiger partial charge in [-0.1, -0.05) is 18.2 Å². The Bertz CT molecular complexity index is 695. The van der Waals surface area contributed by atoms with Gasteiger partial charge in [-0.3, -0.25) is 4.79 Å². The van der Waals surface area contributed by atoms with E-state index in [1.165, 1.54) is 5.56 Å². The summed E-state index contributed by atoms with van der Waals surface area (Å²) in [6.07, 6.45) is 0.976. The Morgan fingerprint density at radius 1 is 1.24 bits per heavy atom. The highest BCUT2D eigenvalue weighted by Gasteiger charge is 2.16. The first-order chi connectivity index (χ1) is 10.2. The molecule has 0 unspecified atom stereocenters. The fraction of sp³-hybridized carbons (Fsp3) is 0.235. The summed E-state index contributed by atoms with van der Waals surface area (Å²) in [4.78, 5) is 12.4. The minimum absolute atomic E-state index is 0.138. The SMILES string of the molecule is Cc1c(O)cccc1C(=O)Nc1cccc2c1CNCC2. The third kappa shape index (κ3) is 2.62. The van der Waals surface area contributed by atoms with Gasteiger partial charge in [0, 0.05) is 23.4 Å². The van der Waals surface area contributed by atoms with E-state index in [1.54, 1.807) is 25.1 Å². The number of phenols is 1. The summed E-state index contributed by atoms with van der Waals surface area (Å²) < 4.78 is 0. The average molecular weight is 282 g/mol. The first-order valence-corrected chi connectivity index (χ1v) is 7.08. The molecule has 4 heteroatoms. The van der Waals surface area contributed by atoms with Gasteiger partial charge in [0.25, 0.3) is 5.91 Å². The number of anilines is 1. The second-order valence-electron chi connectivity index (χ2n) is 5.27. The normalized spacial score (nSPS) is 13.6. The van der Waals surface area contributed by atoms with Gasteiger partial charge in [-0.2, -0.15) is 0 Å². The molecule has 1 heterocycles. The first-order valence-electron chi connectivity index (χ1n) is 7.08. The van der Waals surface area contributed by atoms with Gasteiger partial charge in [-0.05, 0) is 49.2 Å². The van der Waals surface area contributed by atoms with E-state index in [1.807, 2.05) is 12.1 Å². The molecular weight excluding hydrogens is 264 g/mol. The fourth-order valence-corrected chi connectivity index (χ4v) is 2.69. The minimum Gasteiger partial charge on any atom is -0.508 e. The number of hydrogen-bond acceptors (Lipinski definition) is 3. The van der Waals surface area contributed by atoms with Crippen molar-refractivity contribution < 1.29 is 9.90 Å². The predicted octanol–water partition coefficient (Wildman–Crippen LogP) is 2.60. The largest absolute Gasteiger partial charge is 0.508 e. The molecule has 1 amide bonds. The van der Waals surface area contributed by atoms with Crippen LogP contribution in [0.4, 0.5) is 5.69 Å². The van der Waals surface area contributed by atoms with Crippen LogP contribution in [0.5, 0.6) is 5.75 Å². The molecule has 0 spiro atoms. The molecule has 21 heavy (non-hydrogen) atoms. The Morgan fingerprint density at radius 3 is 2.90 bits per heavy atom. The number of carbonyl (C=O) groups is 1. The highest BCUT2D eigenvalue weighted by molar-refractivity contribution is 6.06. The van der Waals surface area contributed by atoms with Crippen LogP contribution < -0.4 is 10.6 Å². The summed E-state index contributed by atoms with van der Waals surface area (Å²) in [6, 6.07) is 11.0. The minimum atomic E-state index is -0.192. The fourth-order valence-electron chi connectivity index (χ4n) is 2.69. The zero-order valence-electron chi connectivity index (χ0n) is 11.9. The van der Waals surface area contributed by atoms with Crippen LogP contribution in [-0.4, -0.2) is 17.6 Å². The van der Waals surface area contributed by atoms with E-state index in [2.05, 4.69) is 16.7 Å². The van der Waals surface area contributed by atoms with Crippen LogP contribution in [0, 0.1) is 6.92 Å². The second-order valence-corrected chi connectivity index (χ2v) is 5.27. The first kappa shape index (κ1) is 13.6. The van der Waals surface area contributed by atoms with Gasteiger partial charge in [0.05, 0.1) is 0 Å². The third-order valence-corrected chi connectivity index (χ3v) is 3.94. The number of phenolic OH excluding ortho intramolecular Hbond substituents is 1. The van der Waals surface area contributed by atoms with Crippen LogP contribution in [0.25, 0.3) is 0 Å². The molecule has 2 aromatic carbocycles. The quantitative estimate of drug-likeness (QED) is 0.793. The second kappa shape index (κ2) is 5.58. The van der Waals surface area contributed by atoms with Crippen molar-refractivity contribution >= 4 is 11.6 Å². The smallest absolute Gasteiger partial charge is 0.256 e. The molecular formula is C17H18N2O2. The number of nitrogens with one attached hydrogen (secondary N) is 2. The lowest BCUT2D eigenvalue weighted by molar-refractivity contribution is 0.102. The molecule has 0 aromatic heterocycles. The summed E-state index contributed by atoms with van der Waals surface area (Å²) >= 11 is 0. The molecule has 4 nitrogen and oxygen atoms in total. The predicted molar refractivity (Wildman–Crippen MR) is 82.6 cm³/mol. The Morgan fingerprint density at radius 2 is 2.05 bits per heavy atom. The molecule has 2 aromatic rings. The lowest BCUT2D eigenvalue weighted by atomic mass is 9.99. The summed E-state index contributed by atoms with van der Waals surface area (Å²) in [7, 11) is 0. The molecule has 1 aliphatic heterocycles. The van der Waals surface area contributed by atoms with E-state index >= 15 is 0 Å². The van der Waals surface area contributed by atoms with E-state index in [4.69, 9.17) is 0 Å². The molecule has 3 rings (SSSR count). The average Bonchev–Trinajstić information content (AvgIpc) is 2.50. The Hall–Kier alpha value is -2.33. The van der Waals surface area contributed by atoms with Crippen molar-refractivity contribution in [3.63, 3.8) is 0 Å². The van der Waals surface area contributed by atoms with Gasteiger partial charge in [0.1, 0.15) is 5.75 Å².